The first-order valence-electron chi connectivity index (χ1n) is 4.73. The number of rotatable bonds is 2. The molecule has 0 fully saturated rings. The molecule has 0 aliphatic heterocycles. The molecule has 0 unspecified atom stereocenters. The van der Waals surface area contributed by atoms with Gasteiger partial charge in [-0.05, 0) is 46.3 Å². The maximum absolute atomic E-state index is 13.2. The lowest BCUT2D eigenvalue weighted by molar-refractivity contribution is 0.473. The fourth-order valence-corrected chi connectivity index (χ4v) is 2.24. The Labute approximate surface area is 115 Å². The number of hydrogen-bond acceptors (Lipinski definition) is 2. The Hall–Kier alpha value is -1.07. The second-order valence-electron chi connectivity index (χ2n) is 3.40. The van der Waals surface area contributed by atoms with Gasteiger partial charge in [0.1, 0.15) is 17.3 Å². The van der Waals surface area contributed by atoms with Crippen LogP contribution >= 0.6 is 31.9 Å². The number of nitrogen functional groups attached to an aromatic ring is 1. The van der Waals surface area contributed by atoms with Gasteiger partial charge in [0.2, 0.25) is 0 Å². The van der Waals surface area contributed by atoms with Gasteiger partial charge in [0.25, 0.3) is 0 Å². The van der Waals surface area contributed by atoms with Gasteiger partial charge >= 0.3 is 0 Å². The minimum Gasteiger partial charge on any atom is -0.456 e. The highest BCUT2D eigenvalue weighted by molar-refractivity contribution is 9.10. The summed E-state index contributed by atoms with van der Waals surface area (Å²) in [5, 5.41) is 0. The smallest absolute Gasteiger partial charge is 0.141 e. The Kier molecular flexibility index (Phi) is 3.69. The van der Waals surface area contributed by atoms with Crippen LogP contribution < -0.4 is 10.5 Å². The van der Waals surface area contributed by atoms with Crippen molar-refractivity contribution in [2.75, 3.05) is 5.73 Å². The molecular formula is C12H8Br2FNO. The van der Waals surface area contributed by atoms with Gasteiger partial charge < -0.3 is 10.5 Å². The molecule has 2 rings (SSSR count). The molecule has 2 N–H and O–H groups in total. The van der Waals surface area contributed by atoms with Crippen LogP contribution in [0.5, 0.6) is 11.5 Å². The molecule has 0 spiro atoms. The van der Waals surface area contributed by atoms with Crippen molar-refractivity contribution in [3.8, 4) is 11.5 Å². The largest absolute Gasteiger partial charge is 0.456 e. The van der Waals surface area contributed by atoms with Gasteiger partial charge in [0, 0.05) is 16.2 Å². The third-order valence-corrected chi connectivity index (χ3v) is 3.10. The van der Waals surface area contributed by atoms with E-state index < -0.39 is 0 Å². The van der Waals surface area contributed by atoms with Crippen LogP contribution in [0, 0.1) is 5.82 Å². The Morgan fingerprint density at radius 2 is 1.82 bits per heavy atom. The number of ether oxygens (including phenoxy) is 1. The first kappa shape index (κ1) is 12.4. The highest BCUT2D eigenvalue weighted by atomic mass is 79.9. The highest BCUT2D eigenvalue weighted by Crippen LogP contribution is 2.32. The van der Waals surface area contributed by atoms with E-state index in [1.54, 1.807) is 24.3 Å². The molecule has 0 bridgehead atoms. The summed E-state index contributed by atoms with van der Waals surface area (Å²) in [5.74, 6) is 0.639. The van der Waals surface area contributed by atoms with E-state index >= 15 is 0 Å². The Balaban J connectivity index is 2.31. The molecule has 0 saturated carbocycles. The quantitative estimate of drug-likeness (QED) is 0.786. The second-order valence-corrected chi connectivity index (χ2v) is 5.17. The van der Waals surface area contributed by atoms with E-state index in [0.717, 1.165) is 4.47 Å². The summed E-state index contributed by atoms with van der Waals surface area (Å²) >= 11 is 6.54. The second kappa shape index (κ2) is 5.06. The SMILES string of the molecule is Nc1ccc(Oc2cc(F)cc(Br)c2)c(Br)c1. The molecule has 17 heavy (non-hydrogen) atoms. The van der Waals surface area contributed by atoms with Crippen molar-refractivity contribution < 1.29 is 9.13 Å². The number of halogens is 3. The number of benzene rings is 2. The van der Waals surface area contributed by atoms with Crippen LogP contribution in [0.1, 0.15) is 0 Å². The molecular weight excluding hydrogens is 353 g/mol. The molecule has 0 atom stereocenters. The van der Waals surface area contributed by atoms with Crippen LogP contribution in [0.25, 0.3) is 0 Å². The first-order valence-corrected chi connectivity index (χ1v) is 6.32. The average Bonchev–Trinajstić information content (AvgIpc) is 2.21. The summed E-state index contributed by atoms with van der Waals surface area (Å²) in [7, 11) is 0. The molecule has 0 amide bonds. The average molecular weight is 361 g/mol. The lowest BCUT2D eigenvalue weighted by Crippen LogP contribution is -1.89. The van der Waals surface area contributed by atoms with Gasteiger partial charge in [-0.25, -0.2) is 4.39 Å². The molecule has 2 aromatic carbocycles. The molecule has 2 nitrogen and oxygen atoms in total. The van der Waals surface area contributed by atoms with Crippen LogP contribution in [0.4, 0.5) is 10.1 Å². The predicted molar refractivity (Wildman–Crippen MR) is 72.7 cm³/mol. The van der Waals surface area contributed by atoms with Crippen LogP contribution in [0.2, 0.25) is 0 Å². The fourth-order valence-electron chi connectivity index (χ4n) is 1.31. The van der Waals surface area contributed by atoms with Gasteiger partial charge in [-0.3, -0.25) is 0 Å². The van der Waals surface area contributed by atoms with Crippen molar-refractivity contribution in [2.24, 2.45) is 0 Å². The minimum atomic E-state index is -0.360. The van der Waals surface area contributed by atoms with Crippen LogP contribution in [0.3, 0.4) is 0 Å². The van der Waals surface area contributed by atoms with E-state index in [1.807, 2.05) is 0 Å². The van der Waals surface area contributed by atoms with E-state index in [0.29, 0.717) is 21.7 Å². The Bertz CT molecular complexity index is 540. The van der Waals surface area contributed by atoms with E-state index in [2.05, 4.69) is 31.9 Å². The summed E-state index contributed by atoms with van der Waals surface area (Å²) in [5.41, 5.74) is 6.25. The standard InChI is InChI=1S/C12H8Br2FNO/c13-7-3-8(15)5-10(4-7)17-12-2-1-9(16)6-11(12)14/h1-6H,16H2. The topological polar surface area (TPSA) is 35.2 Å². The van der Waals surface area contributed by atoms with Crippen molar-refractivity contribution in [1.82, 2.24) is 0 Å². The molecule has 0 aromatic heterocycles. The normalized spacial score (nSPS) is 10.3. The third kappa shape index (κ3) is 3.20. The maximum Gasteiger partial charge on any atom is 0.141 e. The predicted octanol–water partition coefficient (Wildman–Crippen LogP) is 4.73. The highest BCUT2D eigenvalue weighted by Gasteiger charge is 2.05. The first-order chi connectivity index (χ1) is 8.04. The van der Waals surface area contributed by atoms with Gasteiger partial charge in [-0.1, -0.05) is 15.9 Å². The van der Waals surface area contributed by atoms with Crippen LogP contribution in [0.15, 0.2) is 45.3 Å². The maximum atomic E-state index is 13.2. The van der Waals surface area contributed by atoms with Crippen LogP contribution in [-0.2, 0) is 0 Å². The van der Waals surface area contributed by atoms with E-state index in [-0.39, 0.29) is 5.82 Å². The summed E-state index contributed by atoms with van der Waals surface area (Å²) in [6, 6.07) is 9.53. The zero-order chi connectivity index (χ0) is 12.4. The lowest BCUT2D eigenvalue weighted by Gasteiger charge is -2.08. The van der Waals surface area contributed by atoms with Crippen molar-refractivity contribution in [1.29, 1.82) is 0 Å². The van der Waals surface area contributed by atoms with E-state index in [1.165, 1.54) is 12.1 Å². The van der Waals surface area contributed by atoms with E-state index in [9.17, 15) is 4.39 Å². The monoisotopic (exact) mass is 359 g/mol. The molecule has 5 heteroatoms. The number of hydrogen-bond donors (Lipinski definition) is 1. The zero-order valence-corrected chi connectivity index (χ0v) is 11.8. The lowest BCUT2D eigenvalue weighted by atomic mass is 10.3. The van der Waals surface area contributed by atoms with E-state index in [4.69, 9.17) is 10.5 Å². The summed E-state index contributed by atoms with van der Waals surface area (Å²) in [6.07, 6.45) is 0. The minimum absolute atomic E-state index is 0.360. The third-order valence-electron chi connectivity index (χ3n) is 2.02. The molecule has 0 aliphatic carbocycles. The fraction of sp³-hybridized carbons (Fsp3) is 0. The Morgan fingerprint density at radius 1 is 1.06 bits per heavy atom. The van der Waals surface area contributed by atoms with Crippen molar-refractivity contribution >= 4 is 37.5 Å². The Morgan fingerprint density at radius 3 is 2.47 bits per heavy atom. The summed E-state index contributed by atoms with van der Waals surface area (Å²) < 4.78 is 20.1. The molecule has 0 heterocycles. The molecule has 0 radical (unpaired) electrons. The van der Waals surface area contributed by atoms with Gasteiger partial charge in [0.05, 0.1) is 4.47 Å². The van der Waals surface area contributed by atoms with Gasteiger partial charge in [0.15, 0.2) is 0 Å². The molecule has 2 aromatic rings. The van der Waals surface area contributed by atoms with Crippen molar-refractivity contribution in [3.05, 3.63) is 51.2 Å². The summed E-state index contributed by atoms with van der Waals surface area (Å²) in [6.45, 7) is 0. The van der Waals surface area contributed by atoms with Gasteiger partial charge in [-0.15, -0.1) is 0 Å². The molecule has 88 valence electrons. The van der Waals surface area contributed by atoms with Gasteiger partial charge in [-0.2, -0.15) is 0 Å². The number of anilines is 1. The molecule has 0 saturated heterocycles. The molecule has 0 aliphatic rings. The number of nitrogens with two attached hydrogens (primary N) is 1. The summed E-state index contributed by atoms with van der Waals surface area (Å²) in [4.78, 5) is 0. The van der Waals surface area contributed by atoms with Crippen molar-refractivity contribution in [3.63, 3.8) is 0 Å². The zero-order valence-electron chi connectivity index (χ0n) is 8.58. The van der Waals surface area contributed by atoms with Crippen molar-refractivity contribution in [2.45, 2.75) is 0 Å². The van der Waals surface area contributed by atoms with Crippen LogP contribution in [-0.4, -0.2) is 0 Å².